The Morgan fingerprint density at radius 1 is 0.800 bits per heavy atom. The highest BCUT2D eigenvalue weighted by Crippen LogP contribution is 2.32. The Kier molecular flexibility index (Phi) is 10.2. The Labute approximate surface area is 180 Å². The third-order valence-electron chi connectivity index (χ3n) is 5.19. The minimum Gasteiger partial charge on any atom is -0.504 e. The van der Waals surface area contributed by atoms with E-state index >= 15 is 0 Å². The second kappa shape index (κ2) is 12.6. The van der Waals surface area contributed by atoms with Gasteiger partial charge in [-0.1, -0.05) is 70.8 Å². The zero-order valence-electron chi connectivity index (χ0n) is 17.8. The summed E-state index contributed by atoms with van der Waals surface area (Å²) >= 11 is 0. The van der Waals surface area contributed by atoms with Gasteiger partial charge in [0.05, 0.1) is 4.90 Å². The quantitative estimate of drug-likeness (QED) is 0.250. The molecule has 0 amide bonds. The molecular formula is C24H34O5S. The fraction of sp³-hybridized carbons (Fsp3) is 0.500. The molecule has 2 aromatic rings. The summed E-state index contributed by atoms with van der Waals surface area (Å²) in [5.41, 5.74) is 1.07. The zero-order valence-corrected chi connectivity index (χ0v) is 18.7. The van der Waals surface area contributed by atoms with E-state index in [4.69, 9.17) is 9.29 Å². The molecule has 0 aliphatic heterocycles. The van der Waals surface area contributed by atoms with Crippen LogP contribution in [0.25, 0.3) is 0 Å². The SMILES string of the molecule is CCCCCCCCCCCCc1ccc(Oc2ccc(S(=O)(=O)O)cc2)c(O)c1. The molecule has 0 spiro atoms. The average molecular weight is 435 g/mol. The largest absolute Gasteiger partial charge is 0.504 e. The zero-order chi connectivity index (χ0) is 21.8. The first-order chi connectivity index (χ1) is 14.4. The number of phenolic OH excluding ortho intramolecular Hbond substituents is 1. The molecule has 0 heterocycles. The summed E-state index contributed by atoms with van der Waals surface area (Å²) in [7, 11) is -4.23. The van der Waals surface area contributed by atoms with Crippen LogP contribution in [-0.4, -0.2) is 18.1 Å². The standard InChI is InChI=1S/C24H34O5S/c1-2-3-4-5-6-7-8-9-10-11-12-20-13-18-24(23(25)19-20)29-21-14-16-22(17-15-21)30(26,27)28/h13-19,25H,2-12H2,1H3,(H,26,27,28). The summed E-state index contributed by atoms with van der Waals surface area (Å²) < 4.78 is 36.8. The van der Waals surface area contributed by atoms with Gasteiger partial charge in [0, 0.05) is 0 Å². The number of benzene rings is 2. The van der Waals surface area contributed by atoms with Gasteiger partial charge in [0.2, 0.25) is 0 Å². The summed E-state index contributed by atoms with van der Waals surface area (Å²) in [6, 6.07) is 10.7. The van der Waals surface area contributed by atoms with Crippen LogP contribution in [0.3, 0.4) is 0 Å². The second-order valence-electron chi connectivity index (χ2n) is 7.78. The predicted octanol–water partition coefficient (Wildman–Crippen LogP) is 6.89. The molecule has 2 N–H and O–H groups in total. The van der Waals surface area contributed by atoms with Gasteiger partial charge in [0.1, 0.15) is 5.75 Å². The molecule has 166 valence electrons. The number of hydrogen-bond acceptors (Lipinski definition) is 4. The van der Waals surface area contributed by atoms with Gasteiger partial charge in [-0.25, -0.2) is 0 Å². The average Bonchev–Trinajstić information content (AvgIpc) is 2.71. The van der Waals surface area contributed by atoms with Crippen LogP contribution >= 0.6 is 0 Å². The molecule has 0 unspecified atom stereocenters. The molecule has 2 rings (SSSR count). The van der Waals surface area contributed by atoms with Gasteiger partial charge in [-0.05, 0) is 54.8 Å². The molecule has 2 aromatic carbocycles. The Morgan fingerprint density at radius 3 is 1.90 bits per heavy atom. The lowest BCUT2D eigenvalue weighted by atomic mass is 10.0. The highest BCUT2D eigenvalue weighted by Gasteiger charge is 2.10. The number of rotatable bonds is 14. The van der Waals surface area contributed by atoms with Crippen LogP contribution in [0, 0.1) is 0 Å². The molecule has 0 saturated heterocycles. The molecule has 0 bridgehead atoms. The van der Waals surface area contributed by atoms with Crippen molar-refractivity contribution in [1.29, 1.82) is 0 Å². The van der Waals surface area contributed by atoms with Crippen LogP contribution in [0.2, 0.25) is 0 Å². The van der Waals surface area contributed by atoms with Crippen molar-refractivity contribution < 1.29 is 22.8 Å². The van der Waals surface area contributed by atoms with Crippen molar-refractivity contribution in [3.8, 4) is 17.2 Å². The molecule has 5 nitrogen and oxygen atoms in total. The normalized spacial score (nSPS) is 11.5. The predicted molar refractivity (Wildman–Crippen MR) is 120 cm³/mol. The third kappa shape index (κ3) is 8.76. The molecule has 0 saturated carbocycles. The summed E-state index contributed by atoms with van der Waals surface area (Å²) in [6.07, 6.45) is 13.9. The Bertz CT molecular complexity index is 860. The maximum absolute atomic E-state index is 11.1. The lowest BCUT2D eigenvalue weighted by Crippen LogP contribution is -1.97. The monoisotopic (exact) mass is 434 g/mol. The molecule has 0 atom stereocenters. The van der Waals surface area contributed by atoms with Crippen LogP contribution in [0.1, 0.15) is 76.7 Å². The van der Waals surface area contributed by atoms with E-state index < -0.39 is 10.1 Å². The summed E-state index contributed by atoms with van der Waals surface area (Å²) in [5, 5.41) is 10.2. The van der Waals surface area contributed by atoms with Crippen LogP contribution in [-0.2, 0) is 16.5 Å². The smallest absolute Gasteiger partial charge is 0.294 e. The molecule has 0 radical (unpaired) electrons. The Hall–Kier alpha value is -2.05. The molecular weight excluding hydrogens is 400 g/mol. The lowest BCUT2D eigenvalue weighted by molar-refractivity contribution is 0.410. The Balaban J connectivity index is 1.71. The first kappa shape index (κ1) is 24.2. The number of phenols is 1. The van der Waals surface area contributed by atoms with Gasteiger partial charge in [-0.15, -0.1) is 0 Å². The molecule has 30 heavy (non-hydrogen) atoms. The molecule has 6 heteroatoms. The van der Waals surface area contributed by atoms with Crippen LogP contribution in [0.15, 0.2) is 47.4 Å². The molecule has 0 aliphatic carbocycles. The van der Waals surface area contributed by atoms with E-state index in [0.717, 1.165) is 18.4 Å². The van der Waals surface area contributed by atoms with Gasteiger partial charge in [0.25, 0.3) is 10.1 Å². The van der Waals surface area contributed by atoms with Crippen molar-refractivity contribution in [2.75, 3.05) is 0 Å². The number of unbranched alkanes of at least 4 members (excludes halogenated alkanes) is 9. The number of aromatic hydroxyl groups is 1. The Morgan fingerprint density at radius 2 is 1.37 bits per heavy atom. The first-order valence-corrected chi connectivity index (χ1v) is 12.4. The van der Waals surface area contributed by atoms with Crippen molar-refractivity contribution in [1.82, 2.24) is 0 Å². The van der Waals surface area contributed by atoms with E-state index in [1.807, 2.05) is 6.07 Å². The van der Waals surface area contributed by atoms with E-state index in [2.05, 4.69) is 6.92 Å². The highest BCUT2D eigenvalue weighted by molar-refractivity contribution is 7.85. The second-order valence-corrected chi connectivity index (χ2v) is 9.20. The van der Waals surface area contributed by atoms with Gasteiger partial charge in [-0.2, -0.15) is 8.42 Å². The fourth-order valence-corrected chi connectivity index (χ4v) is 3.91. The number of ether oxygens (including phenoxy) is 1. The van der Waals surface area contributed by atoms with E-state index in [1.54, 1.807) is 12.1 Å². The van der Waals surface area contributed by atoms with Gasteiger partial charge >= 0.3 is 0 Å². The molecule has 0 fully saturated rings. The number of hydrogen-bond donors (Lipinski definition) is 2. The maximum Gasteiger partial charge on any atom is 0.294 e. The van der Waals surface area contributed by atoms with Crippen molar-refractivity contribution in [2.24, 2.45) is 0 Å². The van der Waals surface area contributed by atoms with Crippen LogP contribution in [0.4, 0.5) is 0 Å². The van der Waals surface area contributed by atoms with Gasteiger partial charge < -0.3 is 9.84 Å². The van der Waals surface area contributed by atoms with E-state index in [9.17, 15) is 13.5 Å². The van der Waals surface area contributed by atoms with Gasteiger partial charge in [0.15, 0.2) is 11.5 Å². The van der Waals surface area contributed by atoms with Crippen LogP contribution < -0.4 is 4.74 Å². The summed E-state index contributed by atoms with van der Waals surface area (Å²) in [6.45, 7) is 2.24. The fourth-order valence-electron chi connectivity index (χ4n) is 3.43. The molecule has 0 aromatic heterocycles. The first-order valence-electron chi connectivity index (χ1n) is 11.0. The van der Waals surface area contributed by atoms with Crippen molar-refractivity contribution >= 4 is 10.1 Å². The maximum atomic E-state index is 11.1. The van der Waals surface area contributed by atoms with Crippen molar-refractivity contribution in [3.05, 3.63) is 48.0 Å². The minimum atomic E-state index is -4.23. The summed E-state index contributed by atoms with van der Waals surface area (Å²) in [4.78, 5) is -0.203. The number of aryl methyl sites for hydroxylation is 1. The van der Waals surface area contributed by atoms with Crippen molar-refractivity contribution in [2.45, 2.75) is 82.4 Å². The van der Waals surface area contributed by atoms with E-state index in [0.29, 0.717) is 11.5 Å². The lowest BCUT2D eigenvalue weighted by Gasteiger charge is -2.10. The van der Waals surface area contributed by atoms with Gasteiger partial charge in [-0.3, -0.25) is 4.55 Å². The summed E-state index contributed by atoms with van der Waals surface area (Å²) in [5.74, 6) is 0.736. The highest BCUT2D eigenvalue weighted by atomic mass is 32.2. The van der Waals surface area contributed by atoms with Crippen molar-refractivity contribution in [3.63, 3.8) is 0 Å². The third-order valence-corrected chi connectivity index (χ3v) is 6.06. The van der Waals surface area contributed by atoms with E-state index in [-0.39, 0.29) is 10.6 Å². The van der Waals surface area contributed by atoms with Crippen LogP contribution in [0.5, 0.6) is 17.2 Å². The topological polar surface area (TPSA) is 83.8 Å². The minimum absolute atomic E-state index is 0.0541. The molecule has 0 aliphatic rings. The van der Waals surface area contributed by atoms with E-state index in [1.165, 1.54) is 82.1 Å².